The number of nitrogens with one attached hydrogen (secondary N) is 1. The van der Waals surface area contributed by atoms with Gasteiger partial charge in [0.2, 0.25) is 0 Å². The van der Waals surface area contributed by atoms with Gasteiger partial charge < -0.3 is 9.46 Å². The Bertz CT molecular complexity index is 532. The van der Waals surface area contributed by atoms with E-state index in [-0.39, 0.29) is 12.2 Å². The summed E-state index contributed by atoms with van der Waals surface area (Å²) in [5.41, 5.74) is 1.41. The number of nitrogens with zero attached hydrogens (tertiary/aromatic N) is 1. The Hall–Kier alpha value is -1.93. The van der Waals surface area contributed by atoms with Gasteiger partial charge >= 0.3 is 5.97 Å². The van der Waals surface area contributed by atoms with Crippen LogP contribution in [0, 0.1) is 11.3 Å². The highest BCUT2D eigenvalue weighted by Crippen LogP contribution is 2.35. The molecule has 0 saturated carbocycles. The van der Waals surface area contributed by atoms with Crippen molar-refractivity contribution >= 4 is 23.6 Å². The molecule has 1 aromatic carbocycles. The molecule has 0 fully saturated rings. The zero-order valence-corrected chi connectivity index (χ0v) is 10.0. The molecule has 1 aliphatic rings. The van der Waals surface area contributed by atoms with Gasteiger partial charge in [-0.2, -0.15) is 5.26 Å². The third-order valence-corrected chi connectivity index (χ3v) is 3.14. The Labute approximate surface area is 103 Å². The van der Waals surface area contributed by atoms with E-state index in [1.165, 1.54) is 11.9 Å². The fourth-order valence-electron chi connectivity index (χ4n) is 1.52. The van der Waals surface area contributed by atoms with Crippen LogP contribution in [0.1, 0.15) is 12.5 Å². The number of carbonyl (C=O) groups excluding carboxylic acids is 1. The summed E-state index contributed by atoms with van der Waals surface area (Å²) < 4.78 is 7.84. The van der Waals surface area contributed by atoms with E-state index in [0.717, 1.165) is 10.5 Å². The van der Waals surface area contributed by atoms with Gasteiger partial charge in [-0.15, -0.1) is 0 Å². The maximum atomic E-state index is 11.6. The second kappa shape index (κ2) is 4.93. The molecule has 0 aromatic heterocycles. The summed E-state index contributed by atoms with van der Waals surface area (Å²) in [4.78, 5) is 12.6. The molecule has 17 heavy (non-hydrogen) atoms. The first kappa shape index (κ1) is 11.6. The molecule has 86 valence electrons. The predicted octanol–water partition coefficient (Wildman–Crippen LogP) is 2.09. The molecule has 2 rings (SSSR count). The van der Waals surface area contributed by atoms with E-state index >= 15 is 0 Å². The molecule has 0 spiro atoms. The van der Waals surface area contributed by atoms with Crippen LogP contribution in [-0.4, -0.2) is 12.6 Å². The van der Waals surface area contributed by atoms with Crippen LogP contribution in [0.25, 0.3) is 5.70 Å². The van der Waals surface area contributed by atoms with Gasteiger partial charge in [-0.1, -0.05) is 18.2 Å². The standard InChI is InChI=1S/C12H10N2O2S/c1-2-16-12(15)9(7-13)11-8-5-3-4-6-10(8)17-14-11/h3-6,14H,2H2,1H3/b11-9-. The van der Waals surface area contributed by atoms with Crippen LogP contribution in [0.2, 0.25) is 0 Å². The van der Waals surface area contributed by atoms with Gasteiger partial charge in [0.25, 0.3) is 0 Å². The molecule has 0 aliphatic carbocycles. The average Bonchev–Trinajstić information content (AvgIpc) is 2.75. The lowest BCUT2D eigenvalue weighted by molar-refractivity contribution is -0.137. The Morgan fingerprint density at radius 3 is 3.00 bits per heavy atom. The largest absolute Gasteiger partial charge is 0.462 e. The topological polar surface area (TPSA) is 62.1 Å². The van der Waals surface area contributed by atoms with Gasteiger partial charge in [-0.3, -0.25) is 0 Å². The van der Waals surface area contributed by atoms with Gasteiger partial charge in [0.15, 0.2) is 5.57 Å². The summed E-state index contributed by atoms with van der Waals surface area (Å²) in [6, 6.07) is 9.48. The molecule has 0 radical (unpaired) electrons. The number of rotatable bonds is 2. The first-order valence-electron chi connectivity index (χ1n) is 5.11. The highest BCUT2D eigenvalue weighted by Gasteiger charge is 2.24. The third-order valence-electron chi connectivity index (χ3n) is 2.26. The summed E-state index contributed by atoms with van der Waals surface area (Å²) in [6.07, 6.45) is 0. The molecular weight excluding hydrogens is 236 g/mol. The van der Waals surface area contributed by atoms with Crippen LogP contribution < -0.4 is 4.72 Å². The minimum Gasteiger partial charge on any atom is -0.462 e. The zero-order valence-electron chi connectivity index (χ0n) is 9.19. The summed E-state index contributed by atoms with van der Waals surface area (Å²) in [5, 5.41) is 9.05. The lowest BCUT2D eigenvalue weighted by Crippen LogP contribution is -2.11. The number of esters is 1. The van der Waals surface area contributed by atoms with Gasteiger partial charge in [-0.25, -0.2) is 4.79 Å². The molecule has 1 heterocycles. The van der Waals surface area contributed by atoms with E-state index in [0.29, 0.717) is 5.70 Å². The second-order valence-electron chi connectivity index (χ2n) is 3.28. The van der Waals surface area contributed by atoms with Crippen molar-refractivity contribution in [1.82, 2.24) is 4.72 Å². The van der Waals surface area contributed by atoms with Crippen molar-refractivity contribution in [3.63, 3.8) is 0 Å². The van der Waals surface area contributed by atoms with Gasteiger partial charge in [0.05, 0.1) is 12.3 Å². The van der Waals surface area contributed by atoms with Crippen molar-refractivity contribution in [3.8, 4) is 6.07 Å². The molecule has 0 amide bonds. The lowest BCUT2D eigenvalue weighted by Gasteiger charge is -2.04. The Morgan fingerprint density at radius 1 is 1.53 bits per heavy atom. The van der Waals surface area contributed by atoms with Crippen molar-refractivity contribution in [3.05, 3.63) is 35.4 Å². The van der Waals surface area contributed by atoms with E-state index in [4.69, 9.17) is 10.00 Å². The number of fused-ring (bicyclic) bond motifs is 1. The van der Waals surface area contributed by atoms with Gasteiger partial charge in [0, 0.05) is 10.5 Å². The zero-order chi connectivity index (χ0) is 12.3. The number of hydrogen-bond acceptors (Lipinski definition) is 5. The molecule has 1 aliphatic heterocycles. The second-order valence-corrected chi connectivity index (χ2v) is 4.13. The van der Waals surface area contributed by atoms with Crippen molar-refractivity contribution in [2.75, 3.05) is 6.61 Å². The van der Waals surface area contributed by atoms with Crippen molar-refractivity contribution in [2.45, 2.75) is 11.8 Å². The minimum absolute atomic E-state index is 0.0179. The number of nitriles is 1. The molecule has 0 bridgehead atoms. The first-order chi connectivity index (χ1) is 8.27. The maximum Gasteiger partial charge on any atom is 0.351 e. The first-order valence-corrected chi connectivity index (χ1v) is 5.93. The molecule has 0 atom stereocenters. The monoisotopic (exact) mass is 246 g/mol. The minimum atomic E-state index is -0.588. The van der Waals surface area contributed by atoms with Crippen LogP contribution >= 0.6 is 11.9 Å². The van der Waals surface area contributed by atoms with Gasteiger partial charge in [0.1, 0.15) is 6.07 Å². The Kier molecular flexibility index (Phi) is 3.35. The van der Waals surface area contributed by atoms with E-state index < -0.39 is 5.97 Å². The molecule has 1 aromatic rings. The quantitative estimate of drug-likeness (QED) is 0.375. The average molecular weight is 246 g/mol. The summed E-state index contributed by atoms with van der Waals surface area (Å²) in [7, 11) is 0. The lowest BCUT2D eigenvalue weighted by atomic mass is 10.1. The fourth-order valence-corrected chi connectivity index (χ4v) is 2.37. The predicted molar refractivity (Wildman–Crippen MR) is 64.6 cm³/mol. The normalized spacial score (nSPS) is 15.5. The number of carbonyl (C=O) groups is 1. The van der Waals surface area contributed by atoms with Crippen molar-refractivity contribution < 1.29 is 9.53 Å². The molecule has 0 unspecified atom stereocenters. The number of hydrogen-bond donors (Lipinski definition) is 1. The van der Waals surface area contributed by atoms with Crippen LogP contribution in [-0.2, 0) is 9.53 Å². The van der Waals surface area contributed by atoms with E-state index in [9.17, 15) is 4.79 Å². The van der Waals surface area contributed by atoms with Crippen LogP contribution in [0.15, 0.2) is 34.7 Å². The van der Waals surface area contributed by atoms with Crippen molar-refractivity contribution in [2.24, 2.45) is 0 Å². The molecular formula is C12H10N2O2S. The van der Waals surface area contributed by atoms with Gasteiger partial charge in [-0.05, 0) is 24.9 Å². The molecule has 5 heteroatoms. The summed E-state index contributed by atoms with van der Waals surface area (Å²) in [5.74, 6) is -0.588. The van der Waals surface area contributed by atoms with Crippen LogP contribution in [0.4, 0.5) is 0 Å². The highest BCUT2D eigenvalue weighted by molar-refractivity contribution is 7.98. The smallest absolute Gasteiger partial charge is 0.351 e. The molecule has 4 nitrogen and oxygen atoms in total. The number of benzene rings is 1. The highest BCUT2D eigenvalue weighted by atomic mass is 32.2. The fraction of sp³-hybridized carbons (Fsp3) is 0.167. The van der Waals surface area contributed by atoms with Crippen LogP contribution in [0.3, 0.4) is 0 Å². The Morgan fingerprint density at radius 2 is 2.29 bits per heavy atom. The third kappa shape index (κ3) is 2.12. The van der Waals surface area contributed by atoms with E-state index in [1.807, 2.05) is 30.3 Å². The SMILES string of the molecule is CCOC(=O)/C(C#N)=C1\NSc2ccccc21. The molecule has 1 N–H and O–H groups in total. The van der Waals surface area contributed by atoms with Crippen LogP contribution in [0.5, 0.6) is 0 Å². The number of ether oxygens (including phenoxy) is 1. The maximum absolute atomic E-state index is 11.6. The summed E-state index contributed by atoms with van der Waals surface area (Å²) >= 11 is 1.39. The Balaban J connectivity index is 2.46. The van der Waals surface area contributed by atoms with E-state index in [2.05, 4.69) is 4.72 Å². The van der Waals surface area contributed by atoms with Crippen molar-refractivity contribution in [1.29, 1.82) is 5.26 Å². The summed E-state index contributed by atoms with van der Waals surface area (Å²) in [6.45, 7) is 1.97. The molecule has 0 saturated heterocycles. The van der Waals surface area contributed by atoms with E-state index in [1.54, 1.807) is 6.92 Å².